The third kappa shape index (κ3) is 3.14. The van der Waals surface area contributed by atoms with E-state index in [-0.39, 0.29) is 16.7 Å². The number of fused-ring (bicyclic) bond motifs is 2. The minimum Gasteiger partial charge on any atom is -0.312 e. The van der Waals surface area contributed by atoms with Gasteiger partial charge < -0.3 is 4.90 Å². The third-order valence-corrected chi connectivity index (χ3v) is 6.70. The lowest BCUT2D eigenvalue weighted by atomic mass is 10.0. The third-order valence-electron chi connectivity index (χ3n) is 5.79. The molecule has 148 valence electrons. The number of carbonyl (C=O) groups is 1. The van der Waals surface area contributed by atoms with Crippen LogP contribution in [0.5, 0.6) is 0 Å². The zero-order valence-electron chi connectivity index (χ0n) is 15.7. The number of nitrogens with zero attached hydrogens (tertiary/aromatic N) is 3. The zero-order chi connectivity index (χ0) is 20.2. The summed E-state index contributed by atoms with van der Waals surface area (Å²) in [5, 5.41) is 9.53. The van der Waals surface area contributed by atoms with Crippen molar-refractivity contribution < 1.29 is 13.2 Å². The first-order valence-electron chi connectivity index (χ1n) is 9.49. The maximum absolute atomic E-state index is 13.3. The van der Waals surface area contributed by atoms with Crippen molar-refractivity contribution in [2.75, 3.05) is 11.4 Å². The van der Waals surface area contributed by atoms with Gasteiger partial charge in [-0.2, -0.15) is 5.10 Å². The van der Waals surface area contributed by atoms with Gasteiger partial charge in [0.2, 0.25) is 15.9 Å². The molecule has 2 N–H and O–H groups in total. The Bertz CT molecular complexity index is 1220. The van der Waals surface area contributed by atoms with Crippen molar-refractivity contribution in [2.24, 2.45) is 11.1 Å². The van der Waals surface area contributed by atoms with E-state index >= 15 is 0 Å². The van der Waals surface area contributed by atoms with Crippen molar-refractivity contribution in [3.8, 4) is 5.69 Å². The molecule has 1 amide bonds. The highest BCUT2D eigenvalue weighted by Crippen LogP contribution is 2.35. The number of aromatic nitrogens is 2. The van der Waals surface area contributed by atoms with Crippen molar-refractivity contribution in [2.45, 2.75) is 24.2 Å². The number of anilines is 1. The zero-order valence-corrected chi connectivity index (χ0v) is 16.5. The lowest BCUT2D eigenvalue weighted by Crippen LogP contribution is -2.35. The molecule has 7 nitrogen and oxygen atoms in total. The predicted molar refractivity (Wildman–Crippen MR) is 108 cm³/mol. The average molecular weight is 408 g/mol. The Balaban J connectivity index is 1.40. The van der Waals surface area contributed by atoms with Crippen LogP contribution < -0.4 is 10.0 Å². The number of hydrogen-bond donors (Lipinski definition) is 1. The molecule has 0 radical (unpaired) electrons. The first kappa shape index (κ1) is 18.1. The van der Waals surface area contributed by atoms with Gasteiger partial charge in [-0.1, -0.05) is 12.1 Å². The molecule has 2 aromatic carbocycles. The largest absolute Gasteiger partial charge is 0.312 e. The van der Waals surface area contributed by atoms with Crippen molar-refractivity contribution in [3.05, 3.63) is 71.5 Å². The van der Waals surface area contributed by atoms with E-state index in [4.69, 9.17) is 5.14 Å². The Hall–Kier alpha value is -2.97. The Morgan fingerprint density at radius 3 is 2.62 bits per heavy atom. The summed E-state index contributed by atoms with van der Waals surface area (Å²) in [5.74, 6) is -0.117. The summed E-state index contributed by atoms with van der Waals surface area (Å²) >= 11 is 0. The fourth-order valence-corrected chi connectivity index (χ4v) is 4.86. The summed E-state index contributed by atoms with van der Waals surface area (Å²) in [4.78, 5) is 15.0. The highest BCUT2D eigenvalue weighted by atomic mass is 32.2. The normalized spacial score (nSPS) is 18.0. The van der Waals surface area contributed by atoms with Gasteiger partial charge in [0.1, 0.15) is 0 Å². The summed E-state index contributed by atoms with van der Waals surface area (Å²) in [5.41, 5.74) is 4.95. The predicted octanol–water partition coefficient (Wildman–Crippen LogP) is 1.82. The van der Waals surface area contributed by atoms with Gasteiger partial charge >= 0.3 is 0 Å². The molecule has 5 rings (SSSR count). The molecular formula is C21H20N4O3S. The van der Waals surface area contributed by atoms with E-state index in [0.29, 0.717) is 25.1 Å². The van der Waals surface area contributed by atoms with Gasteiger partial charge in [0, 0.05) is 30.5 Å². The Morgan fingerprint density at radius 1 is 1.07 bits per heavy atom. The number of benzene rings is 2. The van der Waals surface area contributed by atoms with E-state index in [1.54, 1.807) is 21.8 Å². The van der Waals surface area contributed by atoms with Gasteiger partial charge in [-0.25, -0.2) is 18.2 Å². The van der Waals surface area contributed by atoms with Gasteiger partial charge in [0.05, 0.1) is 10.6 Å². The number of primary sulfonamides is 1. The minimum atomic E-state index is -3.81. The quantitative estimate of drug-likeness (QED) is 0.715. The van der Waals surface area contributed by atoms with Crippen molar-refractivity contribution >= 4 is 21.6 Å². The van der Waals surface area contributed by atoms with Crippen LogP contribution >= 0.6 is 0 Å². The summed E-state index contributed by atoms with van der Waals surface area (Å²) in [7, 11) is -3.81. The summed E-state index contributed by atoms with van der Waals surface area (Å²) in [6, 6.07) is 12.8. The van der Waals surface area contributed by atoms with Crippen LogP contribution in [0.25, 0.3) is 5.69 Å². The molecule has 8 heteroatoms. The first-order chi connectivity index (χ1) is 13.9. The van der Waals surface area contributed by atoms with Crippen LogP contribution in [0.15, 0.2) is 59.8 Å². The molecule has 0 saturated carbocycles. The minimum absolute atomic E-state index is 0.0344. The lowest BCUT2D eigenvalue weighted by molar-refractivity contribution is -0.122. The summed E-state index contributed by atoms with van der Waals surface area (Å²) in [6.07, 6.45) is 5.71. The van der Waals surface area contributed by atoms with Gasteiger partial charge in [0.15, 0.2) is 0 Å². The maximum Gasteiger partial charge on any atom is 0.238 e. The van der Waals surface area contributed by atoms with E-state index in [2.05, 4.69) is 17.2 Å². The van der Waals surface area contributed by atoms with Crippen molar-refractivity contribution in [3.63, 3.8) is 0 Å². The summed E-state index contributed by atoms with van der Waals surface area (Å²) < 4.78 is 25.2. The number of amides is 1. The van der Waals surface area contributed by atoms with Crippen LogP contribution in [0, 0.1) is 5.92 Å². The SMILES string of the molecule is NS(=O)(=O)c1ccc2c(c1)N(C(=O)C1Cc3ccc(-n4cccn4)cc3C1)CC2. The van der Waals surface area contributed by atoms with Crippen LogP contribution in [-0.2, 0) is 34.1 Å². The number of sulfonamides is 1. The maximum atomic E-state index is 13.3. The van der Waals surface area contributed by atoms with Crippen LogP contribution in [0.4, 0.5) is 5.69 Å². The molecule has 2 heterocycles. The second kappa shape index (κ2) is 6.53. The Kier molecular flexibility index (Phi) is 4.07. The molecule has 29 heavy (non-hydrogen) atoms. The Labute approximate surface area is 168 Å². The van der Waals surface area contributed by atoms with Crippen LogP contribution in [-0.4, -0.2) is 30.7 Å². The molecule has 0 bridgehead atoms. The number of carbonyl (C=O) groups excluding carboxylic acids is 1. The van der Waals surface area contributed by atoms with E-state index in [1.807, 2.05) is 18.3 Å². The van der Waals surface area contributed by atoms with Crippen LogP contribution in [0.1, 0.15) is 16.7 Å². The molecule has 0 saturated heterocycles. The summed E-state index contributed by atoms with van der Waals surface area (Å²) in [6.45, 7) is 0.563. The molecule has 1 aromatic heterocycles. The number of nitrogens with two attached hydrogens (primary N) is 1. The molecule has 3 aromatic rings. The van der Waals surface area contributed by atoms with Gasteiger partial charge in [-0.05, 0) is 66.3 Å². The molecule has 0 fully saturated rings. The van der Waals surface area contributed by atoms with Crippen LogP contribution in [0.2, 0.25) is 0 Å². The monoisotopic (exact) mass is 408 g/mol. The van der Waals surface area contributed by atoms with Crippen molar-refractivity contribution in [1.29, 1.82) is 0 Å². The lowest BCUT2D eigenvalue weighted by Gasteiger charge is -2.21. The molecule has 1 atom stereocenters. The number of rotatable bonds is 3. The topological polar surface area (TPSA) is 98.3 Å². The molecule has 1 aliphatic heterocycles. The fourth-order valence-electron chi connectivity index (χ4n) is 4.33. The van der Waals surface area contributed by atoms with E-state index in [9.17, 15) is 13.2 Å². The molecule has 0 spiro atoms. The first-order valence-corrected chi connectivity index (χ1v) is 11.0. The highest BCUT2D eigenvalue weighted by molar-refractivity contribution is 7.89. The van der Waals surface area contributed by atoms with E-state index in [0.717, 1.165) is 23.2 Å². The van der Waals surface area contributed by atoms with Crippen LogP contribution in [0.3, 0.4) is 0 Å². The van der Waals surface area contributed by atoms with Crippen molar-refractivity contribution in [1.82, 2.24) is 9.78 Å². The van der Waals surface area contributed by atoms with E-state index < -0.39 is 10.0 Å². The van der Waals surface area contributed by atoms with Gasteiger partial charge in [-0.15, -0.1) is 0 Å². The fraction of sp³-hybridized carbons (Fsp3) is 0.238. The average Bonchev–Trinajstić information content (AvgIpc) is 3.44. The Morgan fingerprint density at radius 2 is 1.86 bits per heavy atom. The molecule has 1 aliphatic carbocycles. The molecule has 2 aliphatic rings. The standard InChI is InChI=1S/C21H20N4O3S/c22-29(27,28)19-5-3-14-6-9-24(20(14)13-19)21(26)17-10-15-2-4-18(12-16(15)11-17)25-8-1-7-23-25/h1-5,7-8,12-13,17H,6,9-11H2,(H2,22,27,28). The van der Waals surface area contributed by atoms with Gasteiger partial charge in [-0.3, -0.25) is 4.79 Å². The second-order valence-electron chi connectivity index (χ2n) is 7.58. The molecular weight excluding hydrogens is 388 g/mol. The highest BCUT2D eigenvalue weighted by Gasteiger charge is 2.34. The van der Waals surface area contributed by atoms with Gasteiger partial charge in [0.25, 0.3) is 0 Å². The van der Waals surface area contributed by atoms with E-state index in [1.165, 1.54) is 17.7 Å². The smallest absolute Gasteiger partial charge is 0.238 e. The second-order valence-corrected chi connectivity index (χ2v) is 9.15. The molecule has 1 unspecified atom stereocenters. The number of hydrogen-bond acceptors (Lipinski definition) is 4.